The lowest BCUT2D eigenvalue weighted by molar-refractivity contribution is 0.0902. The number of hydrogen-bond donors (Lipinski definition) is 1. The smallest absolute Gasteiger partial charge is 0.289 e. The second kappa shape index (κ2) is 5.24. The predicted molar refractivity (Wildman–Crippen MR) is 77.6 cm³/mol. The van der Waals surface area contributed by atoms with Crippen LogP contribution in [0.15, 0.2) is 28.7 Å². The number of amides is 1. The van der Waals surface area contributed by atoms with Crippen molar-refractivity contribution in [3.05, 3.63) is 47.2 Å². The van der Waals surface area contributed by atoms with E-state index in [1.807, 2.05) is 31.2 Å². The van der Waals surface area contributed by atoms with Crippen molar-refractivity contribution in [2.75, 3.05) is 6.61 Å². The third kappa shape index (κ3) is 2.51. The Balaban J connectivity index is 1.74. The molecule has 2 atom stereocenters. The summed E-state index contributed by atoms with van der Waals surface area (Å²) in [6.45, 7) is 6.06. The molecule has 21 heavy (non-hydrogen) atoms. The second-order valence-corrected chi connectivity index (χ2v) is 5.36. The number of ether oxygens (including phenoxy) is 1. The van der Waals surface area contributed by atoms with Crippen LogP contribution in [-0.4, -0.2) is 23.5 Å². The van der Waals surface area contributed by atoms with Crippen LogP contribution in [0.3, 0.4) is 0 Å². The Kier molecular flexibility index (Phi) is 3.41. The van der Waals surface area contributed by atoms with Gasteiger partial charge in [-0.1, -0.05) is 18.2 Å². The van der Waals surface area contributed by atoms with E-state index in [0.29, 0.717) is 18.2 Å². The van der Waals surface area contributed by atoms with E-state index < -0.39 is 0 Å². The van der Waals surface area contributed by atoms with Crippen molar-refractivity contribution in [3.63, 3.8) is 0 Å². The molecule has 0 unspecified atom stereocenters. The molecule has 1 aliphatic heterocycles. The Morgan fingerprint density at radius 1 is 1.38 bits per heavy atom. The van der Waals surface area contributed by atoms with Gasteiger partial charge in [0.25, 0.3) is 5.91 Å². The molecule has 0 fully saturated rings. The van der Waals surface area contributed by atoms with E-state index in [-0.39, 0.29) is 23.6 Å². The number of rotatable bonds is 3. The standard InChI is InChI=1S/C16H18N2O3/c1-9(13-8-20-14-7-5-4-6-12(13)14)18-16(19)15-10(2)17-11(3)21-15/h4-7,9,13H,8H2,1-3H3,(H,18,19)/t9-,13+/m1/s1. The molecule has 1 N–H and O–H groups in total. The zero-order valence-electron chi connectivity index (χ0n) is 12.3. The van der Waals surface area contributed by atoms with Crippen LogP contribution in [0.1, 0.15) is 40.5 Å². The third-order valence-electron chi connectivity index (χ3n) is 3.81. The van der Waals surface area contributed by atoms with Gasteiger partial charge in [-0.05, 0) is 19.9 Å². The average Bonchev–Trinajstić information content (AvgIpc) is 3.01. The van der Waals surface area contributed by atoms with Gasteiger partial charge in [-0.15, -0.1) is 0 Å². The van der Waals surface area contributed by atoms with Gasteiger partial charge in [-0.25, -0.2) is 4.98 Å². The summed E-state index contributed by atoms with van der Waals surface area (Å²) in [5.41, 5.74) is 1.75. The highest BCUT2D eigenvalue weighted by Gasteiger charge is 2.30. The van der Waals surface area contributed by atoms with Gasteiger partial charge in [0.15, 0.2) is 5.89 Å². The molecule has 1 aromatic heterocycles. The SMILES string of the molecule is Cc1nc(C)c(C(=O)N[C@H](C)[C@@H]2COc3ccccc32)o1. The first-order valence-corrected chi connectivity index (χ1v) is 7.03. The average molecular weight is 286 g/mol. The summed E-state index contributed by atoms with van der Waals surface area (Å²) in [5, 5.41) is 2.98. The minimum Gasteiger partial charge on any atom is -0.493 e. The lowest BCUT2D eigenvalue weighted by Crippen LogP contribution is -2.37. The van der Waals surface area contributed by atoms with Crippen LogP contribution >= 0.6 is 0 Å². The Morgan fingerprint density at radius 2 is 2.14 bits per heavy atom. The number of fused-ring (bicyclic) bond motifs is 1. The Morgan fingerprint density at radius 3 is 2.86 bits per heavy atom. The van der Waals surface area contributed by atoms with Gasteiger partial charge in [0.1, 0.15) is 5.75 Å². The van der Waals surface area contributed by atoms with Crippen molar-refractivity contribution in [2.24, 2.45) is 0 Å². The predicted octanol–water partition coefficient (Wildman–Crippen LogP) is 2.59. The molecule has 0 saturated heterocycles. The highest BCUT2D eigenvalue weighted by atomic mass is 16.5. The normalized spacial score (nSPS) is 18.0. The van der Waals surface area contributed by atoms with Crippen molar-refractivity contribution in [2.45, 2.75) is 32.7 Å². The number of hydrogen-bond acceptors (Lipinski definition) is 4. The zero-order valence-corrected chi connectivity index (χ0v) is 12.3. The van der Waals surface area contributed by atoms with Crippen LogP contribution in [0, 0.1) is 13.8 Å². The van der Waals surface area contributed by atoms with Gasteiger partial charge in [-0.3, -0.25) is 4.79 Å². The highest BCUT2D eigenvalue weighted by Crippen LogP contribution is 2.35. The van der Waals surface area contributed by atoms with Crippen molar-refractivity contribution >= 4 is 5.91 Å². The van der Waals surface area contributed by atoms with Crippen molar-refractivity contribution in [3.8, 4) is 5.75 Å². The molecule has 0 radical (unpaired) electrons. The van der Waals surface area contributed by atoms with E-state index in [9.17, 15) is 4.79 Å². The number of carbonyl (C=O) groups excluding carboxylic acids is 1. The first kappa shape index (κ1) is 13.7. The Hall–Kier alpha value is -2.30. The van der Waals surface area contributed by atoms with Gasteiger partial charge >= 0.3 is 0 Å². The number of aryl methyl sites for hydroxylation is 2. The number of aromatic nitrogens is 1. The fourth-order valence-electron chi connectivity index (χ4n) is 2.72. The van der Waals surface area contributed by atoms with Crippen molar-refractivity contribution < 1.29 is 13.9 Å². The van der Waals surface area contributed by atoms with Crippen LogP contribution < -0.4 is 10.1 Å². The maximum absolute atomic E-state index is 12.3. The largest absolute Gasteiger partial charge is 0.493 e. The topological polar surface area (TPSA) is 64.4 Å². The molecule has 5 nitrogen and oxygen atoms in total. The summed E-state index contributed by atoms with van der Waals surface area (Å²) < 4.78 is 11.0. The van der Waals surface area contributed by atoms with Crippen molar-refractivity contribution in [1.82, 2.24) is 10.3 Å². The van der Waals surface area contributed by atoms with E-state index in [0.717, 1.165) is 11.3 Å². The van der Waals surface area contributed by atoms with Crippen LogP contribution in [0.2, 0.25) is 0 Å². The van der Waals surface area contributed by atoms with Gasteiger partial charge < -0.3 is 14.5 Å². The van der Waals surface area contributed by atoms with E-state index >= 15 is 0 Å². The molecular formula is C16H18N2O3. The van der Waals surface area contributed by atoms with Crippen LogP contribution in [-0.2, 0) is 0 Å². The van der Waals surface area contributed by atoms with Gasteiger partial charge in [0.05, 0.1) is 12.3 Å². The molecule has 2 aromatic rings. The van der Waals surface area contributed by atoms with E-state index in [2.05, 4.69) is 10.3 Å². The summed E-state index contributed by atoms with van der Waals surface area (Å²) in [4.78, 5) is 16.4. The first-order valence-electron chi connectivity index (χ1n) is 7.03. The first-order chi connectivity index (χ1) is 10.1. The summed E-state index contributed by atoms with van der Waals surface area (Å²) in [6.07, 6.45) is 0. The van der Waals surface area contributed by atoms with E-state index in [1.54, 1.807) is 13.8 Å². The molecule has 0 bridgehead atoms. The zero-order chi connectivity index (χ0) is 15.0. The third-order valence-corrected chi connectivity index (χ3v) is 3.81. The van der Waals surface area contributed by atoms with Gasteiger partial charge in [-0.2, -0.15) is 0 Å². The highest BCUT2D eigenvalue weighted by molar-refractivity contribution is 5.92. The Labute approximate surface area is 123 Å². The fourth-order valence-corrected chi connectivity index (χ4v) is 2.72. The lowest BCUT2D eigenvalue weighted by Gasteiger charge is -2.19. The lowest BCUT2D eigenvalue weighted by atomic mass is 9.94. The summed E-state index contributed by atoms with van der Waals surface area (Å²) in [7, 11) is 0. The maximum atomic E-state index is 12.3. The van der Waals surface area contributed by atoms with Crippen LogP contribution in [0.4, 0.5) is 0 Å². The quantitative estimate of drug-likeness (QED) is 0.942. The number of carbonyl (C=O) groups is 1. The molecule has 3 rings (SSSR count). The molecule has 0 saturated carbocycles. The van der Waals surface area contributed by atoms with E-state index in [4.69, 9.17) is 9.15 Å². The molecule has 5 heteroatoms. The van der Waals surface area contributed by atoms with Crippen LogP contribution in [0.5, 0.6) is 5.75 Å². The van der Waals surface area contributed by atoms with Crippen LogP contribution in [0.25, 0.3) is 0 Å². The van der Waals surface area contributed by atoms with Crippen molar-refractivity contribution in [1.29, 1.82) is 0 Å². The molecule has 2 heterocycles. The number of oxazole rings is 1. The minimum atomic E-state index is -0.231. The fraction of sp³-hybridized carbons (Fsp3) is 0.375. The molecule has 0 aliphatic carbocycles. The Bertz CT molecular complexity index is 678. The molecular weight excluding hydrogens is 268 g/mol. The van der Waals surface area contributed by atoms with Gasteiger partial charge in [0.2, 0.25) is 5.76 Å². The summed E-state index contributed by atoms with van der Waals surface area (Å²) in [6, 6.07) is 7.88. The molecule has 1 aliphatic rings. The number of para-hydroxylation sites is 1. The summed E-state index contributed by atoms with van der Waals surface area (Å²) in [5.74, 6) is 1.60. The van der Waals surface area contributed by atoms with E-state index in [1.165, 1.54) is 0 Å². The number of nitrogens with zero attached hydrogens (tertiary/aromatic N) is 1. The number of benzene rings is 1. The monoisotopic (exact) mass is 286 g/mol. The molecule has 0 spiro atoms. The number of nitrogens with one attached hydrogen (secondary N) is 1. The minimum absolute atomic E-state index is 0.0500. The van der Waals surface area contributed by atoms with Gasteiger partial charge in [0, 0.05) is 24.4 Å². The summed E-state index contributed by atoms with van der Waals surface area (Å²) >= 11 is 0. The molecule has 1 amide bonds. The molecule has 110 valence electrons. The molecule has 1 aromatic carbocycles. The second-order valence-electron chi connectivity index (χ2n) is 5.36. The maximum Gasteiger partial charge on any atom is 0.289 e.